The quantitative estimate of drug-likeness (QED) is 0.309. The average molecular weight is 383 g/mol. The van der Waals surface area contributed by atoms with Crippen LogP contribution in [0.15, 0.2) is 103 Å². The molecule has 142 valence electrons. The summed E-state index contributed by atoms with van der Waals surface area (Å²) in [5.41, 5.74) is 9.77. The number of hydrogen-bond donors (Lipinski definition) is 1. The van der Waals surface area contributed by atoms with Crippen LogP contribution in [-0.2, 0) is 6.54 Å². The fourth-order valence-corrected chi connectivity index (χ4v) is 4.80. The van der Waals surface area contributed by atoms with Crippen LogP contribution in [0.5, 0.6) is 0 Å². The maximum Gasteiger partial charge on any atom is 0.0184 e. The molecule has 0 amide bonds. The Morgan fingerprint density at radius 3 is 1.57 bits per heavy atom. The van der Waals surface area contributed by atoms with Gasteiger partial charge in [-0.15, -0.1) is 0 Å². The van der Waals surface area contributed by atoms with Gasteiger partial charge in [-0.05, 0) is 78.0 Å². The molecule has 0 radical (unpaired) electrons. The minimum absolute atomic E-state index is 0.524. The molecule has 0 aliphatic heterocycles. The van der Waals surface area contributed by atoms with E-state index in [0.717, 1.165) is 0 Å². The van der Waals surface area contributed by atoms with Gasteiger partial charge >= 0.3 is 0 Å². The average Bonchev–Trinajstić information content (AvgIpc) is 2.83. The smallest absolute Gasteiger partial charge is 0.0184 e. The Balaban J connectivity index is 1.71. The third-order valence-corrected chi connectivity index (χ3v) is 6.25. The van der Waals surface area contributed by atoms with Crippen molar-refractivity contribution >= 4 is 43.1 Å². The fraction of sp³-hybridized carbons (Fsp3) is 0.0345. The summed E-state index contributed by atoms with van der Waals surface area (Å²) in [6, 6.07) is 37.3. The molecule has 6 rings (SSSR count). The van der Waals surface area contributed by atoms with E-state index in [9.17, 15) is 0 Å². The van der Waals surface area contributed by atoms with Gasteiger partial charge in [-0.2, -0.15) is 0 Å². The van der Waals surface area contributed by atoms with Gasteiger partial charge in [-0.1, -0.05) is 84.9 Å². The van der Waals surface area contributed by atoms with Gasteiger partial charge in [0.25, 0.3) is 0 Å². The highest BCUT2D eigenvalue weighted by atomic mass is 14.5. The molecular formula is C29H21N. The number of rotatable bonds is 2. The zero-order chi connectivity index (χ0) is 20.1. The minimum Gasteiger partial charge on any atom is -0.326 e. The van der Waals surface area contributed by atoms with Crippen LogP contribution in [0.4, 0.5) is 0 Å². The number of nitrogens with two attached hydrogens (primary N) is 1. The molecule has 0 atom stereocenters. The Hall–Kier alpha value is -3.68. The summed E-state index contributed by atoms with van der Waals surface area (Å²) in [5, 5.41) is 10.3. The first-order valence-electron chi connectivity index (χ1n) is 10.4. The Bertz CT molecular complexity index is 1540. The standard InChI is InChI=1S/C29H21N/c30-18-22-15-19-7-1-2-8-20(19)16-28(22)21-13-14-27-25-11-4-3-9-23(25)24-10-5-6-12-26(24)29(27)17-21/h1-17H,18,30H2. The SMILES string of the molecule is NCc1cc2ccccc2cc1-c1ccc2c3ccccc3c3ccccc3c2c1. The highest BCUT2D eigenvalue weighted by Gasteiger charge is 2.11. The molecule has 0 unspecified atom stereocenters. The molecule has 30 heavy (non-hydrogen) atoms. The van der Waals surface area contributed by atoms with E-state index in [1.165, 1.54) is 59.8 Å². The third-order valence-electron chi connectivity index (χ3n) is 6.25. The van der Waals surface area contributed by atoms with E-state index in [4.69, 9.17) is 5.73 Å². The van der Waals surface area contributed by atoms with Crippen molar-refractivity contribution in [3.05, 3.63) is 109 Å². The van der Waals surface area contributed by atoms with E-state index in [1.807, 2.05) is 0 Å². The lowest BCUT2D eigenvalue weighted by molar-refractivity contribution is 1.08. The van der Waals surface area contributed by atoms with Gasteiger partial charge < -0.3 is 5.73 Å². The zero-order valence-electron chi connectivity index (χ0n) is 16.6. The number of hydrogen-bond acceptors (Lipinski definition) is 1. The molecule has 6 aromatic rings. The first-order valence-corrected chi connectivity index (χ1v) is 10.4. The van der Waals surface area contributed by atoms with Crippen LogP contribution in [0.3, 0.4) is 0 Å². The van der Waals surface area contributed by atoms with Crippen LogP contribution in [0.25, 0.3) is 54.2 Å². The second kappa shape index (κ2) is 6.69. The summed E-state index contributed by atoms with van der Waals surface area (Å²) >= 11 is 0. The highest BCUT2D eigenvalue weighted by molar-refractivity contribution is 6.25. The van der Waals surface area contributed by atoms with Gasteiger partial charge in [-0.25, -0.2) is 0 Å². The highest BCUT2D eigenvalue weighted by Crippen LogP contribution is 2.38. The van der Waals surface area contributed by atoms with Crippen LogP contribution < -0.4 is 5.73 Å². The molecule has 0 saturated carbocycles. The summed E-state index contributed by atoms with van der Waals surface area (Å²) < 4.78 is 0. The predicted octanol–water partition coefficient (Wildman–Crippen LogP) is 7.43. The van der Waals surface area contributed by atoms with Crippen molar-refractivity contribution in [2.24, 2.45) is 5.73 Å². The number of fused-ring (bicyclic) bond motifs is 7. The van der Waals surface area contributed by atoms with Gasteiger partial charge in [0.05, 0.1) is 0 Å². The Labute approximate surface area is 175 Å². The largest absolute Gasteiger partial charge is 0.326 e. The molecule has 6 aromatic carbocycles. The Kier molecular flexibility index (Phi) is 3.83. The van der Waals surface area contributed by atoms with Crippen molar-refractivity contribution in [2.75, 3.05) is 0 Å². The van der Waals surface area contributed by atoms with Crippen LogP contribution in [0.2, 0.25) is 0 Å². The summed E-state index contributed by atoms with van der Waals surface area (Å²) in [7, 11) is 0. The number of benzene rings is 6. The van der Waals surface area contributed by atoms with E-state index in [2.05, 4.69) is 103 Å². The molecule has 0 aromatic heterocycles. The fourth-order valence-electron chi connectivity index (χ4n) is 4.80. The van der Waals surface area contributed by atoms with E-state index >= 15 is 0 Å². The first kappa shape index (κ1) is 17.2. The third kappa shape index (κ3) is 2.53. The molecule has 0 heterocycles. The topological polar surface area (TPSA) is 26.0 Å². The van der Waals surface area contributed by atoms with Crippen molar-refractivity contribution in [1.82, 2.24) is 0 Å². The maximum atomic E-state index is 6.16. The summed E-state index contributed by atoms with van der Waals surface area (Å²) in [4.78, 5) is 0. The van der Waals surface area contributed by atoms with Crippen molar-refractivity contribution in [2.45, 2.75) is 6.54 Å². The Morgan fingerprint density at radius 1 is 0.467 bits per heavy atom. The van der Waals surface area contributed by atoms with Crippen molar-refractivity contribution in [3.63, 3.8) is 0 Å². The zero-order valence-corrected chi connectivity index (χ0v) is 16.6. The van der Waals surface area contributed by atoms with E-state index in [0.29, 0.717) is 6.54 Å². The van der Waals surface area contributed by atoms with Gasteiger partial charge in [0.15, 0.2) is 0 Å². The van der Waals surface area contributed by atoms with Gasteiger partial charge in [0, 0.05) is 6.54 Å². The summed E-state index contributed by atoms with van der Waals surface area (Å²) in [5.74, 6) is 0. The Morgan fingerprint density at radius 2 is 0.967 bits per heavy atom. The normalized spacial score (nSPS) is 11.6. The van der Waals surface area contributed by atoms with Gasteiger partial charge in [-0.3, -0.25) is 0 Å². The lowest BCUT2D eigenvalue weighted by Crippen LogP contribution is -1.99. The van der Waals surface area contributed by atoms with Crippen molar-refractivity contribution in [3.8, 4) is 11.1 Å². The molecule has 0 aliphatic carbocycles. The minimum atomic E-state index is 0.524. The lowest BCUT2D eigenvalue weighted by atomic mass is 9.90. The molecule has 0 aliphatic rings. The predicted molar refractivity (Wildman–Crippen MR) is 130 cm³/mol. The molecule has 1 nitrogen and oxygen atoms in total. The molecule has 0 saturated heterocycles. The second-order valence-electron chi connectivity index (χ2n) is 7.91. The van der Waals surface area contributed by atoms with E-state index < -0.39 is 0 Å². The van der Waals surface area contributed by atoms with Crippen LogP contribution in [-0.4, -0.2) is 0 Å². The van der Waals surface area contributed by atoms with Crippen LogP contribution in [0.1, 0.15) is 5.56 Å². The van der Waals surface area contributed by atoms with Crippen LogP contribution >= 0.6 is 0 Å². The molecule has 0 bridgehead atoms. The van der Waals surface area contributed by atoms with Gasteiger partial charge in [0.2, 0.25) is 0 Å². The first-order chi connectivity index (χ1) is 14.8. The summed E-state index contributed by atoms with van der Waals surface area (Å²) in [6.07, 6.45) is 0. The van der Waals surface area contributed by atoms with Crippen molar-refractivity contribution < 1.29 is 0 Å². The van der Waals surface area contributed by atoms with Crippen LogP contribution in [0, 0.1) is 0 Å². The molecule has 0 fully saturated rings. The molecule has 2 N–H and O–H groups in total. The maximum absolute atomic E-state index is 6.16. The molecule has 1 heteroatoms. The van der Waals surface area contributed by atoms with Crippen molar-refractivity contribution in [1.29, 1.82) is 0 Å². The lowest BCUT2D eigenvalue weighted by Gasteiger charge is -2.14. The second-order valence-corrected chi connectivity index (χ2v) is 7.91. The van der Waals surface area contributed by atoms with Gasteiger partial charge in [0.1, 0.15) is 0 Å². The van der Waals surface area contributed by atoms with E-state index in [-0.39, 0.29) is 0 Å². The monoisotopic (exact) mass is 383 g/mol. The molecular weight excluding hydrogens is 362 g/mol. The molecule has 0 spiro atoms. The summed E-state index contributed by atoms with van der Waals surface area (Å²) in [6.45, 7) is 0.524. The van der Waals surface area contributed by atoms with E-state index in [1.54, 1.807) is 0 Å².